The number of aliphatic imine (C=N–C) groups is 1. The van der Waals surface area contributed by atoms with Crippen molar-refractivity contribution in [2.24, 2.45) is 10.9 Å². The number of nitrogens with zero attached hydrogens (tertiary/aromatic N) is 3. The van der Waals surface area contributed by atoms with Crippen LogP contribution in [0.1, 0.15) is 47.0 Å². The SMILES string of the molecule is CN=C(NCC1CCCC1O)N1CC(=O)N(C(C)C)C(C)(C)C1. The first-order valence-electron chi connectivity index (χ1n) is 8.72. The van der Waals surface area contributed by atoms with Crippen LogP contribution in [0.4, 0.5) is 0 Å². The Hall–Kier alpha value is -1.30. The standard InChI is InChI=1S/C17H32N4O2/c1-12(2)21-15(23)10-20(11-17(21,3)4)16(18-5)19-9-13-7-6-8-14(13)22/h12-14,22H,6-11H2,1-5H3,(H,18,19). The van der Waals surface area contributed by atoms with Crippen LogP contribution in [0.15, 0.2) is 4.99 Å². The zero-order valence-corrected chi connectivity index (χ0v) is 15.2. The molecule has 132 valence electrons. The van der Waals surface area contributed by atoms with Crippen LogP contribution in [0, 0.1) is 5.92 Å². The average molecular weight is 324 g/mol. The van der Waals surface area contributed by atoms with Gasteiger partial charge in [-0.2, -0.15) is 0 Å². The Morgan fingerprint density at radius 1 is 1.43 bits per heavy atom. The van der Waals surface area contributed by atoms with Gasteiger partial charge < -0.3 is 20.2 Å². The summed E-state index contributed by atoms with van der Waals surface area (Å²) in [5, 5.41) is 13.3. The van der Waals surface area contributed by atoms with Crippen molar-refractivity contribution in [3.05, 3.63) is 0 Å². The molecule has 0 radical (unpaired) electrons. The van der Waals surface area contributed by atoms with Gasteiger partial charge in [-0.1, -0.05) is 6.42 Å². The highest BCUT2D eigenvalue weighted by Gasteiger charge is 2.40. The normalized spacial score (nSPS) is 28.7. The number of aliphatic hydroxyl groups excluding tert-OH is 1. The predicted molar refractivity (Wildman–Crippen MR) is 92.3 cm³/mol. The van der Waals surface area contributed by atoms with E-state index in [2.05, 4.69) is 38.0 Å². The Kier molecular flexibility index (Phi) is 5.55. The van der Waals surface area contributed by atoms with Gasteiger partial charge in [-0.25, -0.2) is 0 Å². The van der Waals surface area contributed by atoms with E-state index in [1.54, 1.807) is 7.05 Å². The number of carbonyl (C=O) groups is 1. The Morgan fingerprint density at radius 3 is 2.61 bits per heavy atom. The molecule has 6 nitrogen and oxygen atoms in total. The average Bonchev–Trinajstić information content (AvgIpc) is 2.82. The van der Waals surface area contributed by atoms with Crippen molar-refractivity contribution < 1.29 is 9.90 Å². The van der Waals surface area contributed by atoms with E-state index in [0.717, 1.165) is 31.8 Å². The van der Waals surface area contributed by atoms with E-state index in [0.29, 0.717) is 13.1 Å². The summed E-state index contributed by atoms with van der Waals surface area (Å²) in [6.07, 6.45) is 2.82. The quantitative estimate of drug-likeness (QED) is 0.601. The Bertz CT molecular complexity index is 462. The molecule has 2 unspecified atom stereocenters. The fourth-order valence-corrected chi connectivity index (χ4v) is 4.12. The lowest BCUT2D eigenvalue weighted by molar-refractivity contribution is -0.145. The summed E-state index contributed by atoms with van der Waals surface area (Å²) in [4.78, 5) is 20.9. The minimum absolute atomic E-state index is 0.139. The van der Waals surface area contributed by atoms with Crippen molar-refractivity contribution in [2.45, 2.75) is 64.6 Å². The van der Waals surface area contributed by atoms with E-state index in [9.17, 15) is 9.90 Å². The van der Waals surface area contributed by atoms with Crippen molar-refractivity contribution in [3.8, 4) is 0 Å². The second-order valence-electron chi connectivity index (χ2n) is 7.71. The number of rotatable bonds is 3. The molecule has 0 spiro atoms. The van der Waals surface area contributed by atoms with Crippen LogP contribution in [-0.2, 0) is 4.79 Å². The molecule has 0 bridgehead atoms. The van der Waals surface area contributed by atoms with Crippen molar-refractivity contribution in [2.75, 3.05) is 26.7 Å². The Morgan fingerprint density at radius 2 is 2.13 bits per heavy atom. The number of hydrogen-bond acceptors (Lipinski definition) is 3. The van der Waals surface area contributed by atoms with Gasteiger partial charge in [0.1, 0.15) is 0 Å². The molecule has 1 aliphatic heterocycles. The first-order valence-corrected chi connectivity index (χ1v) is 8.72. The summed E-state index contributed by atoms with van der Waals surface area (Å²) in [5.41, 5.74) is -0.228. The number of amides is 1. The van der Waals surface area contributed by atoms with Gasteiger partial charge in [0.05, 0.1) is 18.2 Å². The minimum Gasteiger partial charge on any atom is -0.393 e. The Balaban J connectivity index is 2.01. The lowest BCUT2D eigenvalue weighted by atomic mass is 9.96. The molecule has 1 saturated carbocycles. The number of nitrogens with one attached hydrogen (secondary N) is 1. The second kappa shape index (κ2) is 7.07. The summed E-state index contributed by atoms with van der Waals surface area (Å²) < 4.78 is 0. The van der Waals surface area contributed by atoms with Gasteiger partial charge in [0.25, 0.3) is 0 Å². The largest absolute Gasteiger partial charge is 0.393 e. The third-order valence-corrected chi connectivity index (χ3v) is 4.99. The van der Waals surface area contributed by atoms with Crippen LogP contribution in [0.3, 0.4) is 0 Å². The smallest absolute Gasteiger partial charge is 0.242 e. The number of aliphatic hydroxyl groups is 1. The van der Waals surface area contributed by atoms with E-state index >= 15 is 0 Å². The summed E-state index contributed by atoms with van der Waals surface area (Å²) in [6.45, 7) is 10.1. The molecule has 1 saturated heterocycles. The molecule has 23 heavy (non-hydrogen) atoms. The third-order valence-electron chi connectivity index (χ3n) is 4.99. The molecular weight excluding hydrogens is 292 g/mol. The molecular formula is C17H32N4O2. The van der Waals surface area contributed by atoms with Crippen LogP contribution in [0.25, 0.3) is 0 Å². The number of carbonyl (C=O) groups excluding carboxylic acids is 1. The molecule has 0 aromatic heterocycles. The molecule has 0 aromatic carbocycles. The molecule has 2 rings (SSSR count). The zero-order chi connectivity index (χ0) is 17.2. The maximum atomic E-state index is 12.6. The van der Waals surface area contributed by atoms with Crippen molar-refractivity contribution in [1.29, 1.82) is 0 Å². The molecule has 2 aliphatic rings. The molecule has 2 N–H and O–H groups in total. The molecule has 0 aromatic rings. The van der Waals surface area contributed by atoms with Gasteiger partial charge in [-0.3, -0.25) is 9.79 Å². The topological polar surface area (TPSA) is 68.2 Å². The van der Waals surface area contributed by atoms with Gasteiger partial charge in [0, 0.05) is 32.1 Å². The lowest BCUT2D eigenvalue weighted by Gasteiger charge is -2.49. The minimum atomic E-state index is -0.228. The molecule has 1 heterocycles. The van der Waals surface area contributed by atoms with Crippen LogP contribution in [0.2, 0.25) is 0 Å². The molecule has 6 heteroatoms. The van der Waals surface area contributed by atoms with E-state index in [4.69, 9.17) is 0 Å². The van der Waals surface area contributed by atoms with E-state index in [1.165, 1.54) is 0 Å². The van der Waals surface area contributed by atoms with E-state index < -0.39 is 0 Å². The van der Waals surface area contributed by atoms with Crippen LogP contribution < -0.4 is 5.32 Å². The highest BCUT2D eigenvalue weighted by Crippen LogP contribution is 2.26. The van der Waals surface area contributed by atoms with Crippen LogP contribution in [0.5, 0.6) is 0 Å². The number of hydrogen-bond donors (Lipinski definition) is 2. The van der Waals surface area contributed by atoms with Crippen molar-refractivity contribution in [3.63, 3.8) is 0 Å². The maximum Gasteiger partial charge on any atom is 0.242 e. The summed E-state index contributed by atoms with van der Waals surface area (Å²) in [7, 11) is 1.75. The lowest BCUT2D eigenvalue weighted by Crippen LogP contribution is -2.66. The number of piperazine rings is 1. The fraction of sp³-hybridized carbons (Fsp3) is 0.882. The molecule has 1 amide bonds. The second-order valence-corrected chi connectivity index (χ2v) is 7.71. The third kappa shape index (κ3) is 3.97. The first kappa shape index (κ1) is 18.0. The van der Waals surface area contributed by atoms with Gasteiger partial charge in [-0.15, -0.1) is 0 Å². The van der Waals surface area contributed by atoms with E-state index in [-0.39, 0.29) is 29.5 Å². The monoisotopic (exact) mass is 324 g/mol. The highest BCUT2D eigenvalue weighted by atomic mass is 16.3. The van der Waals surface area contributed by atoms with Gasteiger partial charge in [0.2, 0.25) is 5.91 Å². The van der Waals surface area contributed by atoms with Crippen molar-refractivity contribution in [1.82, 2.24) is 15.1 Å². The first-order chi connectivity index (χ1) is 10.8. The summed E-state index contributed by atoms with van der Waals surface area (Å²) in [5.74, 6) is 1.18. The van der Waals surface area contributed by atoms with Gasteiger partial charge >= 0.3 is 0 Å². The summed E-state index contributed by atoms with van der Waals surface area (Å²) in [6, 6.07) is 0.197. The number of guanidine groups is 1. The maximum absolute atomic E-state index is 12.6. The van der Waals surface area contributed by atoms with Gasteiger partial charge in [0.15, 0.2) is 5.96 Å². The fourth-order valence-electron chi connectivity index (χ4n) is 4.12. The highest BCUT2D eigenvalue weighted by molar-refractivity contribution is 5.88. The van der Waals surface area contributed by atoms with Crippen LogP contribution >= 0.6 is 0 Å². The van der Waals surface area contributed by atoms with Crippen LogP contribution in [-0.4, -0.2) is 71.1 Å². The molecule has 1 aliphatic carbocycles. The van der Waals surface area contributed by atoms with E-state index in [1.807, 2.05) is 9.80 Å². The predicted octanol–water partition coefficient (Wildman–Crippen LogP) is 1.05. The zero-order valence-electron chi connectivity index (χ0n) is 15.2. The molecule has 2 fully saturated rings. The van der Waals surface area contributed by atoms with Crippen molar-refractivity contribution >= 4 is 11.9 Å². The van der Waals surface area contributed by atoms with Gasteiger partial charge in [-0.05, 0) is 40.5 Å². The molecule has 2 atom stereocenters. The Labute approximate surface area is 139 Å². The summed E-state index contributed by atoms with van der Waals surface area (Å²) >= 11 is 0.